The van der Waals surface area contributed by atoms with Crippen molar-refractivity contribution in [2.24, 2.45) is 0 Å². The highest BCUT2D eigenvalue weighted by Crippen LogP contribution is 1.90. The van der Waals surface area contributed by atoms with E-state index in [1.54, 1.807) is 0 Å². The van der Waals surface area contributed by atoms with Crippen molar-refractivity contribution in [1.29, 1.82) is 0 Å². The van der Waals surface area contributed by atoms with Crippen LogP contribution in [0.15, 0.2) is 0 Å². The van der Waals surface area contributed by atoms with E-state index < -0.39 is 0 Å². The van der Waals surface area contributed by atoms with Crippen LogP contribution in [0.4, 0.5) is 0 Å². The Kier molecular flexibility index (Phi) is 7.50. The topological polar surface area (TPSA) is 38.3 Å². The maximum absolute atomic E-state index is 11.0. The number of rotatable bonds is 6. The fourth-order valence-electron chi connectivity index (χ4n) is 0.736. The molecule has 1 N–H and O–H groups in total. The van der Waals surface area contributed by atoms with Crippen LogP contribution in [0, 0.1) is 0 Å². The maximum atomic E-state index is 11.0. The molecule has 0 saturated carbocycles. The summed E-state index contributed by atoms with van der Waals surface area (Å²) >= 11 is 3.31. The molecule has 0 unspecified atom stereocenters. The van der Waals surface area contributed by atoms with E-state index in [4.69, 9.17) is 4.74 Å². The Bertz CT molecular complexity index is 130. The van der Waals surface area contributed by atoms with Gasteiger partial charge in [-0.3, -0.25) is 4.79 Å². The second-order valence-corrected chi connectivity index (χ2v) is 3.26. The van der Waals surface area contributed by atoms with Gasteiger partial charge in [0.15, 0.2) is 0 Å². The minimum atomic E-state index is -0.191. The Labute approximate surface area is 82.0 Å². The lowest BCUT2D eigenvalue weighted by Crippen LogP contribution is -2.36. The summed E-state index contributed by atoms with van der Waals surface area (Å²) in [4.78, 5) is 11.0. The summed E-state index contributed by atoms with van der Waals surface area (Å²) in [7, 11) is 0. The zero-order valence-corrected chi connectivity index (χ0v) is 9.19. The van der Waals surface area contributed by atoms with Crippen LogP contribution in [-0.4, -0.2) is 30.5 Å². The standard InChI is InChI=1S/C8H16BrNO2/c1-3-12-8(11)7(2)10-6-4-5-9/h7,10H,3-6H2,1-2H3/t7-/m0/s1. The van der Waals surface area contributed by atoms with Crippen molar-refractivity contribution >= 4 is 21.9 Å². The zero-order valence-electron chi connectivity index (χ0n) is 7.60. The first-order chi connectivity index (χ1) is 5.72. The summed E-state index contributed by atoms with van der Waals surface area (Å²) in [6, 6.07) is -0.191. The molecule has 72 valence electrons. The molecule has 0 radical (unpaired) electrons. The molecule has 0 aliphatic rings. The summed E-state index contributed by atoms with van der Waals surface area (Å²) in [6.45, 7) is 4.91. The third kappa shape index (κ3) is 5.55. The Morgan fingerprint density at radius 3 is 2.83 bits per heavy atom. The van der Waals surface area contributed by atoms with Gasteiger partial charge >= 0.3 is 5.97 Å². The molecule has 0 fully saturated rings. The number of hydrogen-bond donors (Lipinski definition) is 1. The van der Waals surface area contributed by atoms with Gasteiger partial charge in [0.1, 0.15) is 6.04 Å². The average molecular weight is 238 g/mol. The van der Waals surface area contributed by atoms with E-state index in [1.165, 1.54) is 0 Å². The van der Waals surface area contributed by atoms with E-state index in [0.29, 0.717) is 6.61 Å². The summed E-state index contributed by atoms with van der Waals surface area (Å²) in [5.74, 6) is -0.174. The second kappa shape index (κ2) is 7.55. The maximum Gasteiger partial charge on any atom is 0.322 e. The quantitative estimate of drug-likeness (QED) is 0.430. The van der Waals surface area contributed by atoms with E-state index in [1.807, 2.05) is 13.8 Å². The number of halogens is 1. The fraction of sp³-hybridized carbons (Fsp3) is 0.875. The molecular weight excluding hydrogens is 222 g/mol. The van der Waals surface area contributed by atoms with Gasteiger partial charge in [-0.05, 0) is 26.8 Å². The number of nitrogens with one attached hydrogen (secondary N) is 1. The number of carbonyl (C=O) groups excluding carboxylic acids is 1. The Balaban J connectivity index is 3.42. The molecule has 0 spiro atoms. The van der Waals surface area contributed by atoms with Crippen LogP contribution in [0.25, 0.3) is 0 Å². The Hall–Kier alpha value is -0.0900. The first kappa shape index (κ1) is 11.9. The molecule has 0 saturated heterocycles. The molecule has 0 heterocycles. The third-order valence-corrected chi connectivity index (χ3v) is 1.96. The van der Waals surface area contributed by atoms with Crippen molar-refractivity contribution in [2.45, 2.75) is 26.3 Å². The summed E-state index contributed by atoms with van der Waals surface area (Å²) in [5.41, 5.74) is 0. The average Bonchev–Trinajstić information content (AvgIpc) is 2.05. The van der Waals surface area contributed by atoms with E-state index in [0.717, 1.165) is 18.3 Å². The first-order valence-corrected chi connectivity index (χ1v) is 5.30. The van der Waals surface area contributed by atoms with Crippen molar-refractivity contribution < 1.29 is 9.53 Å². The minimum Gasteiger partial charge on any atom is -0.465 e. The first-order valence-electron chi connectivity index (χ1n) is 4.18. The van der Waals surface area contributed by atoms with Crippen molar-refractivity contribution in [1.82, 2.24) is 5.32 Å². The lowest BCUT2D eigenvalue weighted by atomic mass is 10.3. The van der Waals surface area contributed by atoms with Gasteiger partial charge in [-0.1, -0.05) is 15.9 Å². The predicted molar refractivity (Wildman–Crippen MR) is 52.5 cm³/mol. The Morgan fingerprint density at radius 2 is 2.33 bits per heavy atom. The van der Waals surface area contributed by atoms with Gasteiger partial charge in [0, 0.05) is 5.33 Å². The fourth-order valence-corrected chi connectivity index (χ4v) is 1.02. The van der Waals surface area contributed by atoms with Crippen LogP contribution in [0.2, 0.25) is 0 Å². The van der Waals surface area contributed by atoms with Crippen molar-refractivity contribution in [3.05, 3.63) is 0 Å². The number of esters is 1. The predicted octanol–water partition coefficient (Wildman–Crippen LogP) is 1.31. The molecular formula is C8H16BrNO2. The molecule has 4 heteroatoms. The van der Waals surface area contributed by atoms with Gasteiger partial charge in [-0.25, -0.2) is 0 Å². The van der Waals surface area contributed by atoms with E-state index >= 15 is 0 Å². The van der Waals surface area contributed by atoms with Crippen LogP contribution in [0.1, 0.15) is 20.3 Å². The van der Waals surface area contributed by atoms with Gasteiger partial charge in [0.05, 0.1) is 6.61 Å². The molecule has 12 heavy (non-hydrogen) atoms. The van der Waals surface area contributed by atoms with Crippen LogP contribution < -0.4 is 5.32 Å². The molecule has 0 bridgehead atoms. The number of alkyl halides is 1. The highest BCUT2D eigenvalue weighted by molar-refractivity contribution is 9.09. The zero-order chi connectivity index (χ0) is 9.40. The second-order valence-electron chi connectivity index (χ2n) is 2.47. The molecule has 1 atom stereocenters. The SMILES string of the molecule is CCOC(=O)[C@H](C)NCCCBr. The highest BCUT2D eigenvalue weighted by atomic mass is 79.9. The lowest BCUT2D eigenvalue weighted by Gasteiger charge is -2.11. The third-order valence-electron chi connectivity index (χ3n) is 1.40. The molecule has 0 aromatic rings. The van der Waals surface area contributed by atoms with Crippen molar-refractivity contribution in [3.8, 4) is 0 Å². The molecule has 0 amide bonds. The van der Waals surface area contributed by atoms with Gasteiger partial charge in [-0.2, -0.15) is 0 Å². The van der Waals surface area contributed by atoms with Crippen molar-refractivity contribution in [2.75, 3.05) is 18.5 Å². The number of ether oxygens (including phenoxy) is 1. The molecule has 0 aliphatic carbocycles. The highest BCUT2D eigenvalue weighted by Gasteiger charge is 2.11. The van der Waals surface area contributed by atoms with Crippen LogP contribution in [-0.2, 0) is 9.53 Å². The number of hydrogen-bond acceptors (Lipinski definition) is 3. The molecule has 3 nitrogen and oxygen atoms in total. The summed E-state index contributed by atoms with van der Waals surface area (Å²) < 4.78 is 4.82. The van der Waals surface area contributed by atoms with Crippen LogP contribution in [0.5, 0.6) is 0 Å². The largest absolute Gasteiger partial charge is 0.465 e. The smallest absolute Gasteiger partial charge is 0.322 e. The van der Waals surface area contributed by atoms with E-state index in [2.05, 4.69) is 21.2 Å². The van der Waals surface area contributed by atoms with Gasteiger partial charge in [0.25, 0.3) is 0 Å². The van der Waals surface area contributed by atoms with Crippen LogP contribution >= 0.6 is 15.9 Å². The number of carbonyl (C=O) groups is 1. The van der Waals surface area contributed by atoms with E-state index in [9.17, 15) is 4.79 Å². The monoisotopic (exact) mass is 237 g/mol. The molecule has 0 rings (SSSR count). The molecule has 0 aromatic carbocycles. The van der Waals surface area contributed by atoms with Gasteiger partial charge in [0.2, 0.25) is 0 Å². The van der Waals surface area contributed by atoms with Gasteiger partial charge in [-0.15, -0.1) is 0 Å². The molecule has 0 aromatic heterocycles. The summed E-state index contributed by atoms with van der Waals surface area (Å²) in [6.07, 6.45) is 1.02. The van der Waals surface area contributed by atoms with Gasteiger partial charge < -0.3 is 10.1 Å². The van der Waals surface area contributed by atoms with E-state index in [-0.39, 0.29) is 12.0 Å². The molecule has 0 aliphatic heterocycles. The lowest BCUT2D eigenvalue weighted by molar-refractivity contribution is -0.145. The van der Waals surface area contributed by atoms with Crippen LogP contribution in [0.3, 0.4) is 0 Å². The Morgan fingerprint density at radius 1 is 1.67 bits per heavy atom. The summed E-state index contributed by atoms with van der Waals surface area (Å²) in [5, 5.41) is 4.02. The minimum absolute atomic E-state index is 0.174. The van der Waals surface area contributed by atoms with Crippen molar-refractivity contribution in [3.63, 3.8) is 0 Å². The normalized spacial score (nSPS) is 12.6.